The molecule has 0 fully saturated rings. The number of likely N-dealkylation sites (N-methyl/N-ethyl adjacent to an activating group) is 1. The molecule has 0 atom stereocenters. The molecule has 2 rings (SSSR count). The van der Waals surface area contributed by atoms with E-state index >= 15 is 0 Å². The monoisotopic (exact) mass is 279 g/mol. The van der Waals surface area contributed by atoms with Gasteiger partial charge in [-0.15, -0.1) is 0 Å². The molecule has 3 amide bonds. The van der Waals surface area contributed by atoms with E-state index < -0.39 is 18.5 Å². The lowest BCUT2D eigenvalue weighted by molar-refractivity contribution is -0.135. The Kier molecular flexibility index (Phi) is 3.74. The molecule has 0 bridgehead atoms. The van der Waals surface area contributed by atoms with Crippen LogP contribution < -0.4 is 20.3 Å². The Morgan fingerprint density at radius 3 is 2.90 bits per heavy atom. The van der Waals surface area contributed by atoms with Crippen LogP contribution in [0.25, 0.3) is 0 Å². The summed E-state index contributed by atoms with van der Waals surface area (Å²) >= 11 is 0. The van der Waals surface area contributed by atoms with Crippen molar-refractivity contribution < 1.29 is 24.2 Å². The minimum Gasteiger partial charge on any atom is -0.482 e. The van der Waals surface area contributed by atoms with Crippen LogP contribution in [0.3, 0.4) is 0 Å². The summed E-state index contributed by atoms with van der Waals surface area (Å²) in [5.41, 5.74) is 0.967. The van der Waals surface area contributed by atoms with Gasteiger partial charge < -0.3 is 25.4 Å². The number of amides is 3. The van der Waals surface area contributed by atoms with E-state index in [1.54, 1.807) is 25.2 Å². The Morgan fingerprint density at radius 1 is 1.45 bits per heavy atom. The maximum absolute atomic E-state index is 11.5. The van der Waals surface area contributed by atoms with Crippen LogP contribution in [-0.2, 0) is 9.59 Å². The number of benzene rings is 1. The van der Waals surface area contributed by atoms with Crippen LogP contribution in [0.2, 0.25) is 0 Å². The molecule has 0 saturated heterocycles. The van der Waals surface area contributed by atoms with Gasteiger partial charge in [0.1, 0.15) is 12.3 Å². The molecule has 0 saturated carbocycles. The zero-order chi connectivity index (χ0) is 14.7. The van der Waals surface area contributed by atoms with Crippen molar-refractivity contribution in [3.63, 3.8) is 0 Å². The van der Waals surface area contributed by atoms with Crippen molar-refractivity contribution in [2.45, 2.75) is 0 Å². The van der Waals surface area contributed by atoms with Gasteiger partial charge in [0.25, 0.3) is 5.91 Å². The van der Waals surface area contributed by atoms with Crippen molar-refractivity contribution in [1.29, 1.82) is 0 Å². The van der Waals surface area contributed by atoms with Crippen molar-refractivity contribution in [3.8, 4) is 5.75 Å². The van der Waals surface area contributed by atoms with Gasteiger partial charge in [-0.2, -0.15) is 0 Å². The van der Waals surface area contributed by atoms with Gasteiger partial charge in [-0.05, 0) is 18.2 Å². The fourth-order valence-electron chi connectivity index (χ4n) is 1.68. The van der Waals surface area contributed by atoms with E-state index in [4.69, 9.17) is 9.84 Å². The first-order valence-corrected chi connectivity index (χ1v) is 5.77. The van der Waals surface area contributed by atoms with Crippen LogP contribution in [0.15, 0.2) is 18.2 Å². The lowest BCUT2D eigenvalue weighted by Gasteiger charge is -2.26. The molecule has 0 unspecified atom stereocenters. The number of nitrogens with zero attached hydrogens (tertiary/aromatic N) is 1. The van der Waals surface area contributed by atoms with Gasteiger partial charge in [0, 0.05) is 12.7 Å². The third kappa shape index (κ3) is 2.97. The highest BCUT2D eigenvalue weighted by molar-refractivity contribution is 5.99. The molecular formula is C12H13N3O5. The number of carbonyl (C=O) groups excluding carboxylic acids is 2. The number of carboxylic acid groups (broad SMARTS) is 1. The van der Waals surface area contributed by atoms with Crippen LogP contribution in [0.1, 0.15) is 0 Å². The van der Waals surface area contributed by atoms with E-state index in [0.717, 1.165) is 0 Å². The van der Waals surface area contributed by atoms with Gasteiger partial charge in [-0.1, -0.05) is 0 Å². The number of carbonyl (C=O) groups is 3. The Balaban J connectivity index is 2.09. The molecule has 8 nitrogen and oxygen atoms in total. The molecule has 0 spiro atoms. The molecule has 0 radical (unpaired) electrons. The fraction of sp³-hybridized carbons (Fsp3) is 0.250. The molecular weight excluding hydrogens is 266 g/mol. The molecule has 1 aromatic carbocycles. The number of hydrogen-bond acceptors (Lipinski definition) is 4. The number of anilines is 2. The summed E-state index contributed by atoms with van der Waals surface area (Å²) in [4.78, 5) is 34.7. The topological polar surface area (TPSA) is 108 Å². The highest BCUT2D eigenvalue weighted by atomic mass is 16.5. The Bertz CT molecular complexity index is 572. The van der Waals surface area contributed by atoms with Gasteiger partial charge in [0.05, 0.1) is 5.69 Å². The summed E-state index contributed by atoms with van der Waals surface area (Å²) in [5.74, 6) is -0.780. The number of fused-ring (bicyclic) bond motifs is 1. The molecule has 20 heavy (non-hydrogen) atoms. The normalized spacial score (nSPS) is 13.2. The first-order chi connectivity index (χ1) is 9.47. The highest BCUT2D eigenvalue weighted by Crippen LogP contribution is 2.33. The van der Waals surface area contributed by atoms with Gasteiger partial charge in [0.2, 0.25) is 0 Å². The first-order valence-electron chi connectivity index (χ1n) is 5.77. The zero-order valence-electron chi connectivity index (χ0n) is 10.7. The average molecular weight is 279 g/mol. The average Bonchev–Trinajstić information content (AvgIpc) is 2.41. The maximum atomic E-state index is 11.5. The summed E-state index contributed by atoms with van der Waals surface area (Å²) in [5, 5.41) is 13.1. The van der Waals surface area contributed by atoms with E-state index in [2.05, 4.69) is 10.6 Å². The second-order valence-electron chi connectivity index (χ2n) is 4.13. The molecule has 3 N–H and O–H groups in total. The predicted octanol–water partition coefficient (Wildman–Crippen LogP) is 0.248. The smallest absolute Gasteiger partial charge is 0.323 e. The van der Waals surface area contributed by atoms with Crippen molar-refractivity contribution >= 4 is 29.3 Å². The summed E-state index contributed by atoms with van der Waals surface area (Å²) < 4.78 is 5.25. The van der Waals surface area contributed by atoms with E-state index in [-0.39, 0.29) is 12.5 Å². The molecule has 1 aliphatic heterocycles. The van der Waals surface area contributed by atoms with Crippen LogP contribution in [0.4, 0.5) is 16.2 Å². The lowest BCUT2D eigenvalue weighted by Crippen LogP contribution is -2.36. The molecule has 0 aromatic heterocycles. The second kappa shape index (κ2) is 5.47. The Hall–Kier alpha value is -2.77. The number of hydrogen-bond donors (Lipinski definition) is 3. The maximum Gasteiger partial charge on any atom is 0.323 e. The summed E-state index contributed by atoms with van der Waals surface area (Å²) in [6.45, 7) is -0.492. The first kappa shape index (κ1) is 13.7. The number of carboxylic acids is 1. The number of nitrogens with one attached hydrogen (secondary N) is 2. The Morgan fingerprint density at radius 2 is 2.20 bits per heavy atom. The fourth-order valence-corrected chi connectivity index (χ4v) is 1.68. The number of urea groups is 1. The van der Waals surface area contributed by atoms with Gasteiger partial charge in [-0.3, -0.25) is 9.59 Å². The van der Waals surface area contributed by atoms with E-state index in [1.807, 2.05) is 0 Å². The summed E-state index contributed by atoms with van der Waals surface area (Å²) in [6, 6.07) is 4.17. The molecule has 1 aromatic rings. The molecule has 1 aliphatic rings. The van der Waals surface area contributed by atoms with Crippen LogP contribution >= 0.6 is 0 Å². The standard InChI is InChI=1S/C12H13N3O5/c1-15-8-4-7(14-12(19)13-5-11(17)18)2-3-9(8)20-6-10(15)16/h2-4H,5-6H2,1H3,(H,17,18)(H2,13,14,19). The van der Waals surface area contributed by atoms with Crippen molar-refractivity contribution in [2.75, 3.05) is 30.4 Å². The second-order valence-corrected chi connectivity index (χ2v) is 4.13. The summed E-state index contributed by atoms with van der Waals surface area (Å²) in [6.07, 6.45) is 0. The van der Waals surface area contributed by atoms with E-state index in [9.17, 15) is 14.4 Å². The number of aliphatic carboxylic acids is 1. The quantitative estimate of drug-likeness (QED) is 0.735. The third-order valence-corrected chi connectivity index (χ3v) is 2.70. The molecule has 8 heteroatoms. The van der Waals surface area contributed by atoms with Crippen molar-refractivity contribution in [1.82, 2.24) is 5.32 Å². The Labute approximate surface area is 114 Å². The number of rotatable bonds is 3. The van der Waals surface area contributed by atoms with Gasteiger partial charge in [0.15, 0.2) is 6.61 Å². The molecule has 106 valence electrons. The molecule has 0 aliphatic carbocycles. The SMILES string of the molecule is CN1C(=O)COc2ccc(NC(=O)NCC(=O)O)cc21. The predicted molar refractivity (Wildman–Crippen MR) is 70.0 cm³/mol. The largest absolute Gasteiger partial charge is 0.482 e. The van der Waals surface area contributed by atoms with Gasteiger partial charge >= 0.3 is 12.0 Å². The third-order valence-electron chi connectivity index (χ3n) is 2.70. The number of ether oxygens (including phenoxy) is 1. The van der Waals surface area contributed by atoms with Crippen LogP contribution in [0.5, 0.6) is 5.75 Å². The molecule has 1 heterocycles. The van der Waals surface area contributed by atoms with Gasteiger partial charge in [-0.25, -0.2) is 4.79 Å². The minimum atomic E-state index is -1.13. The highest BCUT2D eigenvalue weighted by Gasteiger charge is 2.22. The van der Waals surface area contributed by atoms with Crippen LogP contribution in [0, 0.1) is 0 Å². The minimum absolute atomic E-state index is 0.0185. The van der Waals surface area contributed by atoms with E-state index in [0.29, 0.717) is 17.1 Å². The van der Waals surface area contributed by atoms with E-state index in [1.165, 1.54) is 4.90 Å². The zero-order valence-corrected chi connectivity index (χ0v) is 10.7. The van der Waals surface area contributed by atoms with Crippen molar-refractivity contribution in [2.24, 2.45) is 0 Å². The lowest BCUT2D eigenvalue weighted by atomic mass is 10.2. The van der Waals surface area contributed by atoms with Crippen molar-refractivity contribution in [3.05, 3.63) is 18.2 Å². The summed E-state index contributed by atoms with van der Waals surface area (Å²) in [7, 11) is 1.61. The van der Waals surface area contributed by atoms with Crippen LogP contribution in [-0.4, -0.2) is 43.2 Å².